The smallest absolute Gasteiger partial charge is 1.00 e. The molecule has 9 aromatic heterocycles. The van der Waals surface area contributed by atoms with E-state index in [0.29, 0.717) is 69.4 Å². The summed E-state index contributed by atoms with van der Waals surface area (Å²) in [7, 11) is -0.757. The van der Waals surface area contributed by atoms with Crippen LogP contribution in [0.1, 0.15) is 246 Å². The van der Waals surface area contributed by atoms with Crippen LogP contribution in [0.3, 0.4) is 0 Å². The van der Waals surface area contributed by atoms with Crippen molar-refractivity contribution < 1.29 is 165 Å². The summed E-state index contributed by atoms with van der Waals surface area (Å²) in [6.07, 6.45) is -11.4. The number of aliphatic hydroxyl groups excluding tert-OH is 1. The maximum Gasteiger partial charge on any atom is 1.00 e. The summed E-state index contributed by atoms with van der Waals surface area (Å²) in [6.45, 7) is 44.7. The third-order valence-corrected chi connectivity index (χ3v) is 17.5. The second-order valence-electron chi connectivity index (χ2n) is 36.9. The first-order chi connectivity index (χ1) is 66.8. The third-order valence-electron chi connectivity index (χ3n) is 16.3. The molecule has 0 unspecified atom stereocenters. The molecular weight excluding hydrogens is 2140 g/mol. The van der Waals surface area contributed by atoms with E-state index in [0.717, 1.165) is 54.5 Å². The van der Waals surface area contributed by atoms with Crippen LogP contribution in [0.25, 0.3) is 33.8 Å². The molecule has 814 valence electrons. The Balaban J connectivity index is 0.00000173. The van der Waals surface area contributed by atoms with E-state index in [1.165, 1.54) is 12.1 Å². The third kappa shape index (κ3) is 53.6. The maximum absolute atomic E-state index is 12.6. The summed E-state index contributed by atoms with van der Waals surface area (Å²) in [5, 5.41) is 7.92. The Morgan fingerprint density at radius 1 is 0.399 bits per heavy atom. The summed E-state index contributed by atoms with van der Waals surface area (Å²) >= 11 is 33.9. The van der Waals surface area contributed by atoms with Crippen LogP contribution < -0.4 is 50.2 Å². The van der Waals surface area contributed by atoms with E-state index in [1.807, 2.05) is 27.7 Å². The molecule has 3 N–H and O–H groups in total. The van der Waals surface area contributed by atoms with Gasteiger partial charge in [0.15, 0.2) is 0 Å². The molecule has 0 bridgehead atoms. The fraction of sp³-hybridized carbons (Fsp3) is 0.533. The molecule has 0 aromatic carbocycles. The van der Waals surface area contributed by atoms with Crippen molar-refractivity contribution in [2.75, 3.05) is 19.8 Å². The normalized spacial score (nSPS) is 12.8. The molecular formula is C90H115BCl7F12N20NaO17. The number of rotatable bonds is 20. The van der Waals surface area contributed by atoms with Crippen molar-refractivity contribution >= 4 is 131 Å². The van der Waals surface area contributed by atoms with Crippen molar-refractivity contribution in [1.29, 1.82) is 0 Å². The zero-order valence-corrected chi connectivity index (χ0v) is 93.0. The molecule has 0 spiro atoms. The number of amides is 2. The van der Waals surface area contributed by atoms with Crippen LogP contribution in [0.15, 0.2) is 79.9 Å². The number of esters is 4. The molecule has 10 heterocycles. The Morgan fingerprint density at radius 3 is 0.966 bits per heavy atom. The van der Waals surface area contributed by atoms with Gasteiger partial charge in [-0.1, -0.05) is 23.2 Å². The number of carbonyl (C=O) groups is 6. The predicted octanol–water partition coefficient (Wildman–Crippen LogP) is 17.7. The summed E-state index contributed by atoms with van der Waals surface area (Å²) in [5.41, 5.74) is 4.98. The maximum atomic E-state index is 12.6. The van der Waals surface area contributed by atoms with Gasteiger partial charge in [-0.05, 0) is 238 Å². The van der Waals surface area contributed by atoms with E-state index >= 15 is 0 Å². The molecule has 1 aliphatic heterocycles. The first-order valence-electron chi connectivity index (χ1n) is 43.6. The zero-order chi connectivity index (χ0) is 112. The summed E-state index contributed by atoms with van der Waals surface area (Å²) in [5.74, 6) is -6.46. The average molecular weight is 2260 g/mol. The fourth-order valence-electron chi connectivity index (χ4n) is 10.1. The number of nitrogens with two attached hydrogens (primary N) is 1. The van der Waals surface area contributed by atoms with E-state index in [9.17, 15) is 81.5 Å². The number of alkyl halides is 13. The molecule has 37 nitrogen and oxygen atoms in total. The molecule has 1 fully saturated rings. The second kappa shape index (κ2) is 59.2. The first kappa shape index (κ1) is 136. The van der Waals surface area contributed by atoms with E-state index in [-0.39, 0.29) is 157 Å². The number of hydrogen-bond donors (Lipinski definition) is 2. The topological polar surface area (TPSA) is 476 Å². The molecule has 1 aliphatic rings. The van der Waals surface area contributed by atoms with Crippen LogP contribution in [0.5, 0.6) is 12.0 Å². The molecule has 0 aliphatic carbocycles. The fourth-order valence-corrected chi connectivity index (χ4v) is 11.4. The summed E-state index contributed by atoms with van der Waals surface area (Å²) in [4.78, 5) is 138. The number of nitrogens with zero attached hydrogens (tertiary/aromatic N) is 19. The number of aryl methyl sites for hydroxylation is 2. The van der Waals surface area contributed by atoms with E-state index in [4.69, 9.17) is 128 Å². The van der Waals surface area contributed by atoms with Gasteiger partial charge in [0.25, 0.3) is 0 Å². The van der Waals surface area contributed by atoms with Crippen LogP contribution >= 0.6 is 82.0 Å². The standard InChI is InChI=1S/C18H21F3N4O3.C16H16ClF3N4O2.C15H21Cl2N3O4.C12H12F3N5O.C11H14BF3N2O2.C11H20O4.C5H3Cl3N2.C2H6O.ClH.Na.H/c1-5-27-16-24-12(6-7-14(26)28-17(2,3)4)8-13(25-16)11-9-22-15(23-10-11)18(19,20)21;1-15(2,3)26-12(25)5-4-10-6-11(24-14(17)23-10)9-7-21-13(22-8-9)16(18,19)20;1-14(2,3)23-12(21)20(13(22)24-15(4,5)6)8-9-7-10(16)19-11(17)18-9;1-2-21-11-19-8(4-16)3-9(20-11)7-5-17-10(18-6-7)12(13,14)15;1-9(2)10(3,4)19-12(18-9)7-5-16-8(17-6-7)11(13,14)15;1-10(2,3)14-8(12)7-9(13)15-11(4,5)6;6-2-3-1-4(7)10-5(8)9-3;1-2-3;;;/h8-10H,5-7H2,1-4H3;6-8H,4-5H2,1-3H3;7H,8H2,1-6H3;3,5-6H,2,4,16H2,1H3;5-6H,1-4H3;7H2,1-6H3;1H,2H2;3H,2H2,1H3;1H;;/q;;;;;;;;;+1;-1. The Kier molecular flexibility index (Phi) is 54.4. The largest absolute Gasteiger partial charge is 1.00 e. The molecule has 0 atom stereocenters. The molecule has 0 saturated carbocycles. The molecule has 2 amide bonds. The Bertz CT molecular complexity index is 5640. The van der Waals surface area contributed by atoms with E-state index in [2.05, 4.69) is 89.7 Å². The number of hydrogen-bond acceptors (Lipinski definition) is 36. The molecule has 58 heteroatoms. The van der Waals surface area contributed by atoms with Crippen LogP contribution in [-0.2, 0) is 113 Å². The van der Waals surface area contributed by atoms with Crippen LogP contribution in [0, 0.1) is 0 Å². The SMILES string of the molecule is CC(C)(C)OC(=O)CC(=O)OC(C)(C)C.CC(C)(C)OC(=O)CCc1cc(-c2cnc(C(F)(F)F)nc2)nc(Cl)n1.CC(C)(C)OC(=O)N(Cc1cc(Cl)nc(Cl)n1)C(=O)OC(C)(C)C.CC1(C)OB(c2cnc(C(F)(F)F)nc2)OC1(C)C.CCO.CCOc1nc(CCC(=O)OC(C)(C)C)cc(-c2cnc(C(F)(F)F)nc2)n1.CCOc1nc(CN)cc(-c2cnc(C(F)(F)F)nc2)n1.Cl.ClCc1cc(Cl)nc(Cl)n1.[H-].[Na+]. The number of aromatic nitrogens is 18. The number of aliphatic hydroxyl groups is 1. The molecule has 1 saturated heterocycles. The van der Waals surface area contributed by atoms with Gasteiger partial charge in [0, 0.05) is 109 Å². The molecule has 148 heavy (non-hydrogen) atoms. The van der Waals surface area contributed by atoms with Gasteiger partial charge in [0.2, 0.25) is 39.1 Å². The number of halogens is 19. The van der Waals surface area contributed by atoms with Gasteiger partial charge in [-0.15, -0.1) is 24.0 Å². The zero-order valence-electron chi connectivity index (χ0n) is 86.6. The molecule has 10 rings (SSSR count). The minimum absolute atomic E-state index is 0. The Hall–Kier alpha value is -9.97. The van der Waals surface area contributed by atoms with Crippen molar-refractivity contribution in [2.24, 2.45) is 5.73 Å². The van der Waals surface area contributed by atoms with Crippen LogP contribution in [0.2, 0.25) is 26.2 Å². The number of ether oxygens (including phenoxy) is 8. The summed E-state index contributed by atoms with van der Waals surface area (Å²) < 4.78 is 203. The van der Waals surface area contributed by atoms with Gasteiger partial charge in [0.1, 0.15) is 50.3 Å². The number of carbonyl (C=O) groups excluding carboxylic acids is 6. The predicted molar refractivity (Wildman–Crippen MR) is 520 cm³/mol. The van der Waals surface area contributed by atoms with Gasteiger partial charge in [-0.3, -0.25) is 19.2 Å². The van der Waals surface area contributed by atoms with Crippen molar-refractivity contribution in [2.45, 2.75) is 294 Å². The van der Waals surface area contributed by atoms with Gasteiger partial charge in [-0.25, -0.2) is 89.2 Å². The summed E-state index contributed by atoms with van der Waals surface area (Å²) in [6, 6.07) is 7.75. The minimum atomic E-state index is -4.63. The van der Waals surface area contributed by atoms with Crippen molar-refractivity contribution in [3.63, 3.8) is 0 Å². The monoisotopic (exact) mass is 2250 g/mol. The average Bonchev–Trinajstić information content (AvgIpc) is 1.62. The number of imide groups is 1. The van der Waals surface area contributed by atoms with Gasteiger partial charge < -0.3 is 59.5 Å². The van der Waals surface area contributed by atoms with Crippen molar-refractivity contribution in [3.8, 4) is 45.8 Å². The second-order valence-corrected chi connectivity index (χ2v) is 38.9. The van der Waals surface area contributed by atoms with Crippen molar-refractivity contribution in [3.05, 3.63) is 158 Å². The van der Waals surface area contributed by atoms with E-state index in [1.54, 1.807) is 164 Å². The first-order valence-corrected chi connectivity index (χ1v) is 46.0. The molecule has 0 radical (unpaired) electrons. The Morgan fingerprint density at radius 2 is 0.669 bits per heavy atom. The van der Waals surface area contributed by atoms with Crippen molar-refractivity contribution in [1.82, 2.24) is 94.6 Å². The Labute approximate surface area is 906 Å². The minimum Gasteiger partial charge on any atom is -1.00 e. The quantitative estimate of drug-likeness (QED) is 0.0105. The van der Waals surface area contributed by atoms with E-state index < -0.39 is 130 Å². The van der Waals surface area contributed by atoms with Gasteiger partial charge in [-0.2, -0.15) is 67.6 Å². The van der Waals surface area contributed by atoms with Gasteiger partial charge in [0.05, 0.1) is 83.8 Å². The molecule has 9 aromatic rings. The van der Waals surface area contributed by atoms with Gasteiger partial charge >= 0.3 is 109 Å². The van der Waals surface area contributed by atoms with Crippen LogP contribution in [-0.4, -0.2) is 208 Å². The van der Waals surface area contributed by atoms with Crippen LogP contribution in [0.4, 0.5) is 62.3 Å².